The van der Waals surface area contributed by atoms with Crippen LogP contribution in [0.1, 0.15) is 32.1 Å². The zero-order valence-electron chi connectivity index (χ0n) is 26.0. The van der Waals surface area contributed by atoms with Crippen molar-refractivity contribution in [1.29, 1.82) is 0 Å². The summed E-state index contributed by atoms with van der Waals surface area (Å²) in [6, 6.07) is 3.58. The van der Waals surface area contributed by atoms with Gasteiger partial charge in [-0.25, -0.2) is 22.9 Å². The number of rotatable bonds is 5. The minimum Gasteiger partial charge on any atom is -0.461 e. The summed E-state index contributed by atoms with van der Waals surface area (Å²) in [6.07, 6.45) is 5.57. The van der Waals surface area contributed by atoms with Gasteiger partial charge in [0, 0.05) is 42.6 Å². The quantitative estimate of drug-likeness (QED) is 0.257. The SMILES string of the molecule is Nc1nc2c(-c3c(Cl)cc4c(N5CC6CCC(C5)N6C(=O)n5nccn5)nc(OC[C@@]56CCCN5C[C@H](F)C6)nc4c3F)ccc(F)c2s1. The van der Waals surface area contributed by atoms with Gasteiger partial charge >= 0.3 is 12.0 Å². The number of nitrogens with zero attached hydrogens (tertiary/aromatic N) is 9. The predicted octanol–water partition coefficient (Wildman–Crippen LogP) is 5.29. The number of anilines is 2. The molecule has 0 radical (unpaired) electrons. The van der Waals surface area contributed by atoms with Crippen LogP contribution in [0.5, 0.6) is 6.01 Å². The molecule has 9 rings (SSSR count). The largest absolute Gasteiger partial charge is 0.461 e. The number of carbonyl (C=O) groups excluding carboxylic acids is 1. The van der Waals surface area contributed by atoms with Crippen molar-refractivity contribution < 1.29 is 22.7 Å². The van der Waals surface area contributed by atoms with Gasteiger partial charge in [0.05, 0.1) is 45.3 Å². The first-order valence-corrected chi connectivity index (χ1v) is 17.4. The van der Waals surface area contributed by atoms with Gasteiger partial charge in [-0.3, -0.25) is 4.90 Å². The molecule has 12 nitrogen and oxygen atoms in total. The molecule has 2 N–H and O–H groups in total. The van der Waals surface area contributed by atoms with E-state index in [4.69, 9.17) is 27.1 Å². The van der Waals surface area contributed by atoms with Crippen LogP contribution in [-0.4, -0.2) is 102 Å². The number of amides is 1. The first-order valence-electron chi connectivity index (χ1n) is 16.2. The molecule has 2 unspecified atom stereocenters. The van der Waals surface area contributed by atoms with E-state index in [0.717, 1.165) is 48.4 Å². The van der Waals surface area contributed by atoms with Crippen LogP contribution in [0.2, 0.25) is 5.02 Å². The zero-order valence-corrected chi connectivity index (χ0v) is 27.6. The average molecular weight is 711 g/mol. The second kappa shape index (κ2) is 11.4. The average Bonchev–Trinajstić information content (AvgIpc) is 3.90. The lowest BCUT2D eigenvalue weighted by atomic mass is 9.95. The lowest BCUT2D eigenvalue weighted by Gasteiger charge is -2.41. The molecule has 7 heterocycles. The Labute approximate surface area is 286 Å². The molecular weight excluding hydrogens is 681 g/mol. The van der Waals surface area contributed by atoms with Crippen LogP contribution in [0.25, 0.3) is 32.2 Å². The van der Waals surface area contributed by atoms with Gasteiger partial charge in [-0.2, -0.15) is 20.2 Å². The lowest BCUT2D eigenvalue weighted by Crippen LogP contribution is -2.57. The highest BCUT2D eigenvalue weighted by molar-refractivity contribution is 7.22. The number of nitrogens with two attached hydrogens (primary N) is 1. The van der Waals surface area contributed by atoms with Crippen LogP contribution in [0, 0.1) is 11.6 Å². The number of nitrogen functional groups attached to an aromatic ring is 1. The molecule has 0 spiro atoms. The van der Waals surface area contributed by atoms with E-state index in [1.165, 1.54) is 24.5 Å². The summed E-state index contributed by atoms with van der Waals surface area (Å²) in [5, 5.41) is 8.60. The zero-order chi connectivity index (χ0) is 33.6. The van der Waals surface area contributed by atoms with E-state index in [1.807, 2.05) is 9.80 Å². The van der Waals surface area contributed by atoms with Crippen molar-refractivity contribution in [2.75, 3.05) is 43.4 Å². The second-order valence-electron chi connectivity index (χ2n) is 13.3. The summed E-state index contributed by atoms with van der Waals surface area (Å²) in [4.78, 5) is 34.0. The summed E-state index contributed by atoms with van der Waals surface area (Å²) in [5.74, 6) is -0.863. The van der Waals surface area contributed by atoms with Gasteiger partial charge in [0.25, 0.3) is 0 Å². The molecular formula is C32H30ClF3N10O2S. The normalized spacial score (nSPS) is 25.2. The van der Waals surface area contributed by atoms with Crippen molar-refractivity contribution >= 4 is 61.0 Å². The molecule has 0 aliphatic carbocycles. The molecule has 17 heteroatoms. The topological polar surface area (TPSA) is 131 Å². The molecule has 1 amide bonds. The number of benzene rings is 2. The Morgan fingerprint density at radius 2 is 1.86 bits per heavy atom. The number of alkyl halides is 1. The molecule has 3 aromatic heterocycles. The maximum absolute atomic E-state index is 16.9. The highest BCUT2D eigenvalue weighted by atomic mass is 35.5. The molecule has 4 saturated heterocycles. The second-order valence-corrected chi connectivity index (χ2v) is 14.7. The fourth-order valence-corrected chi connectivity index (χ4v) is 9.42. The molecule has 4 atom stereocenters. The minimum atomic E-state index is -0.946. The lowest BCUT2D eigenvalue weighted by molar-refractivity contribution is 0.107. The van der Waals surface area contributed by atoms with Gasteiger partial charge in [0.15, 0.2) is 10.9 Å². The standard InChI is InChI=1S/C32H30ClF3N10O2S/c33-21-10-20-25(24(36)23(21)19-4-5-22(35)27-26(19)40-29(37)49-27)41-30(48-15-32-6-1-9-44(32)12-16(34)11-32)42-28(20)43-13-17-2-3-18(14-43)45(17)31(47)46-38-7-8-39-46/h4-5,7-8,10,16-18H,1-3,6,9,11-15H2,(H2,37,40)/t16-,17?,18?,32+/m1/s1. The van der Waals surface area contributed by atoms with E-state index in [0.29, 0.717) is 37.3 Å². The third-order valence-electron chi connectivity index (χ3n) is 10.4. The Kier molecular flexibility index (Phi) is 7.14. The van der Waals surface area contributed by atoms with E-state index in [2.05, 4.69) is 25.1 Å². The molecule has 4 fully saturated rings. The van der Waals surface area contributed by atoms with E-state index in [1.54, 1.807) is 6.07 Å². The number of aromatic nitrogens is 6. The number of halogens is 4. The summed E-state index contributed by atoms with van der Waals surface area (Å²) in [7, 11) is 0. The summed E-state index contributed by atoms with van der Waals surface area (Å²) in [6.45, 7) is 2.12. The molecule has 4 aliphatic rings. The summed E-state index contributed by atoms with van der Waals surface area (Å²) >= 11 is 7.81. The maximum Gasteiger partial charge on any atom is 0.362 e. The van der Waals surface area contributed by atoms with Gasteiger partial charge in [-0.05, 0) is 50.4 Å². The predicted molar refractivity (Wildman–Crippen MR) is 178 cm³/mol. The van der Waals surface area contributed by atoms with E-state index < -0.39 is 23.3 Å². The van der Waals surface area contributed by atoms with Gasteiger partial charge in [-0.15, -0.1) is 0 Å². The maximum atomic E-state index is 16.9. The van der Waals surface area contributed by atoms with Crippen molar-refractivity contribution in [3.63, 3.8) is 0 Å². The van der Waals surface area contributed by atoms with E-state index in [-0.39, 0.29) is 67.7 Å². The number of fused-ring (bicyclic) bond motifs is 5. The van der Waals surface area contributed by atoms with Crippen LogP contribution >= 0.6 is 22.9 Å². The number of hydrogen-bond donors (Lipinski definition) is 1. The number of piperazine rings is 1. The Hall–Kier alpha value is -4.28. The molecule has 4 aliphatic heterocycles. The highest BCUT2D eigenvalue weighted by Gasteiger charge is 2.50. The van der Waals surface area contributed by atoms with Crippen molar-refractivity contribution in [3.8, 4) is 17.1 Å². The van der Waals surface area contributed by atoms with Gasteiger partial charge in [0.2, 0.25) is 0 Å². The first-order chi connectivity index (χ1) is 23.7. The number of ether oxygens (including phenoxy) is 1. The third-order valence-corrected chi connectivity index (χ3v) is 11.6. The van der Waals surface area contributed by atoms with Gasteiger partial charge < -0.3 is 20.3 Å². The summed E-state index contributed by atoms with van der Waals surface area (Å²) < 4.78 is 52.7. The van der Waals surface area contributed by atoms with Crippen LogP contribution in [0.15, 0.2) is 30.6 Å². The first kappa shape index (κ1) is 30.8. The highest BCUT2D eigenvalue weighted by Crippen LogP contribution is 2.45. The van der Waals surface area contributed by atoms with E-state index in [9.17, 15) is 13.6 Å². The number of hydrogen-bond acceptors (Lipinski definition) is 11. The van der Waals surface area contributed by atoms with Crippen molar-refractivity contribution in [2.45, 2.75) is 55.9 Å². The molecule has 2 aromatic carbocycles. The number of thiazole rings is 1. The Morgan fingerprint density at radius 3 is 2.63 bits per heavy atom. The van der Waals surface area contributed by atoms with Crippen LogP contribution in [0.4, 0.5) is 28.9 Å². The fraction of sp³-hybridized carbons (Fsp3) is 0.438. The van der Waals surface area contributed by atoms with Gasteiger partial charge in [-0.1, -0.05) is 27.7 Å². The monoisotopic (exact) mass is 710 g/mol. The molecule has 0 saturated carbocycles. The molecule has 49 heavy (non-hydrogen) atoms. The van der Waals surface area contributed by atoms with E-state index >= 15 is 4.39 Å². The Bertz CT molecular complexity index is 2120. The Morgan fingerprint density at radius 1 is 1.08 bits per heavy atom. The third kappa shape index (κ3) is 4.89. The fourth-order valence-electron chi connectivity index (χ4n) is 8.36. The van der Waals surface area contributed by atoms with Gasteiger partial charge in [0.1, 0.15) is 29.9 Å². The van der Waals surface area contributed by atoms with Crippen molar-refractivity contribution in [3.05, 3.63) is 47.2 Å². The summed E-state index contributed by atoms with van der Waals surface area (Å²) in [5.41, 5.74) is 5.87. The smallest absolute Gasteiger partial charge is 0.362 e. The van der Waals surface area contributed by atoms with Crippen LogP contribution in [-0.2, 0) is 0 Å². The Balaban J connectivity index is 1.14. The number of carbonyl (C=O) groups is 1. The molecule has 5 aromatic rings. The van der Waals surface area contributed by atoms with Crippen molar-refractivity contribution in [2.24, 2.45) is 0 Å². The van der Waals surface area contributed by atoms with Crippen molar-refractivity contribution in [1.82, 2.24) is 39.7 Å². The minimum absolute atomic E-state index is 0.00102. The van der Waals surface area contributed by atoms with Crippen LogP contribution in [0.3, 0.4) is 0 Å². The molecule has 254 valence electrons. The van der Waals surface area contributed by atoms with Crippen LogP contribution < -0.4 is 15.4 Å². The molecule has 2 bridgehead atoms.